The van der Waals surface area contributed by atoms with Crippen LogP contribution in [0.25, 0.3) is 5.09 Å². The Labute approximate surface area is 172 Å². The second kappa shape index (κ2) is 9.42. The van der Waals surface area contributed by atoms with Crippen LogP contribution in [0.3, 0.4) is 0 Å². The zero-order valence-corrected chi connectivity index (χ0v) is 19.5. The van der Waals surface area contributed by atoms with Gasteiger partial charge in [0.1, 0.15) is 6.61 Å². The number of pyridine rings is 1. The molecule has 0 N–H and O–H groups in total. The molecule has 1 aromatic rings. The van der Waals surface area contributed by atoms with Gasteiger partial charge in [0.05, 0.1) is 5.54 Å². The SMILES string of the molecule is CC1(C)COC(c2cccc([N-]P(C(C)(C)C)C(C)(C)C)n2)=N1.[C-]#[O+].[Ru+]. The Morgan fingerprint density at radius 2 is 1.65 bits per heavy atom. The molecule has 2 heterocycles. The zero-order chi connectivity index (χ0) is 19.5. The first-order chi connectivity index (χ1) is 11.4. The summed E-state index contributed by atoms with van der Waals surface area (Å²) in [6.07, 6.45) is 0. The maximum atomic E-state index is 7.50. The van der Waals surface area contributed by atoms with Gasteiger partial charge in [0.25, 0.3) is 0 Å². The number of ether oxygens (including phenoxy) is 1. The van der Waals surface area contributed by atoms with Gasteiger partial charge in [-0.25, -0.2) is 4.99 Å². The summed E-state index contributed by atoms with van der Waals surface area (Å²) in [5.74, 6) is 1.40. The maximum Gasteiger partial charge on any atom is 1.00 e. The third-order valence-corrected chi connectivity index (χ3v) is 6.34. The average molecular weight is 464 g/mol. The van der Waals surface area contributed by atoms with E-state index in [1.54, 1.807) is 0 Å². The van der Waals surface area contributed by atoms with Gasteiger partial charge in [-0.3, -0.25) is 0 Å². The molecule has 26 heavy (non-hydrogen) atoms. The predicted octanol–water partition coefficient (Wildman–Crippen LogP) is 5.60. The second-order valence-electron chi connectivity index (χ2n) is 8.65. The molecule has 5 nitrogen and oxygen atoms in total. The van der Waals surface area contributed by atoms with Crippen molar-refractivity contribution in [1.29, 1.82) is 0 Å². The molecule has 0 bridgehead atoms. The van der Waals surface area contributed by atoms with E-state index in [9.17, 15) is 0 Å². The first-order valence-corrected chi connectivity index (χ1v) is 9.60. The van der Waals surface area contributed by atoms with Crippen molar-refractivity contribution in [2.75, 3.05) is 6.61 Å². The molecule has 0 fully saturated rings. The Balaban J connectivity index is 0.00000201. The summed E-state index contributed by atoms with van der Waals surface area (Å²) in [5, 5.41) is 5.28. The molecular formula is C19H29N3O2PRu. The summed E-state index contributed by atoms with van der Waals surface area (Å²) in [5.41, 5.74) is 0.600. The summed E-state index contributed by atoms with van der Waals surface area (Å²) in [4.78, 5) is 9.28. The van der Waals surface area contributed by atoms with Crippen LogP contribution in [-0.2, 0) is 28.9 Å². The van der Waals surface area contributed by atoms with Gasteiger partial charge in [0.2, 0.25) is 5.90 Å². The Morgan fingerprint density at radius 1 is 1.12 bits per heavy atom. The number of aromatic nitrogens is 1. The molecule has 1 aliphatic heterocycles. The molecule has 0 aliphatic carbocycles. The number of nitrogens with zero attached hydrogens (tertiary/aromatic N) is 3. The van der Waals surface area contributed by atoms with Crippen LogP contribution in [0.5, 0.6) is 0 Å². The minimum atomic E-state index is -0.581. The molecule has 0 spiro atoms. The molecule has 2 rings (SSSR count). The summed E-state index contributed by atoms with van der Waals surface area (Å²) in [7, 11) is -0.581. The minimum absolute atomic E-state index is 0. The van der Waals surface area contributed by atoms with Gasteiger partial charge in [0.15, 0.2) is 0 Å². The van der Waals surface area contributed by atoms with Crippen molar-refractivity contribution in [3.05, 3.63) is 35.6 Å². The standard InChI is InChI=1S/C18H29N3OP.CO.Ru/c1-16(2,3)23(17(4,5)6)21-14-11-9-10-13(19-14)15-20-18(7,8)12-22-15;1-2;/h9-11H,12H2,1-8H3;;/q-1;;+1. The molecule has 1 radical (unpaired) electrons. The fourth-order valence-electron chi connectivity index (χ4n) is 2.72. The molecule has 145 valence electrons. The minimum Gasteiger partial charge on any atom is 1.00 e. The van der Waals surface area contributed by atoms with Crippen LogP contribution >= 0.6 is 8.07 Å². The van der Waals surface area contributed by atoms with E-state index < -0.39 is 8.07 Å². The molecule has 0 unspecified atom stereocenters. The topological polar surface area (TPSA) is 68.5 Å². The van der Waals surface area contributed by atoms with Crippen LogP contribution in [0.1, 0.15) is 61.1 Å². The van der Waals surface area contributed by atoms with E-state index in [0.717, 1.165) is 11.5 Å². The van der Waals surface area contributed by atoms with Crippen LogP contribution in [0.2, 0.25) is 0 Å². The van der Waals surface area contributed by atoms with Crippen molar-refractivity contribution < 1.29 is 28.9 Å². The molecule has 0 saturated heterocycles. The number of rotatable bonds is 3. The Kier molecular flexibility index (Phi) is 9.14. The van der Waals surface area contributed by atoms with E-state index in [0.29, 0.717) is 12.5 Å². The zero-order valence-electron chi connectivity index (χ0n) is 16.9. The van der Waals surface area contributed by atoms with Gasteiger partial charge < -0.3 is 14.8 Å². The smallest absolute Gasteiger partial charge is 1.00 e. The molecule has 0 aromatic carbocycles. The van der Waals surface area contributed by atoms with Crippen molar-refractivity contribution in [1.82, 2.24) is 4.98 Å². The first-order valence-electron chi connectivity index (χ1n) is 8.31. The first kappa shape index (κ1) is 25.2. The predicted molar refractivity (Wildman–Crippen MR) is 104 cm³/mol. The summed E-state index contributed by atoms with van der Waals surface area (Å²) in [6.45, 7) is 22.7. The van der Waals surface area contributed by atoms with Gasteiger partial charge in [-0.15, -0.1) is 0 Å². The monoisotopic (exact) mass is 464 g/mol. The van der Waals surface area contributed by atoms with E-state index in [1.807, 2.05) is 18.2 Å². The van der Waals surface area contributed by atoms with Gasteiger partial charge in [-0.05, 0) is 24.2 Å². The third kappa shape index (κ3) is 7.08. The Morgan fingerprint density at radius 3 is 2.08 bits per heavy atom. The fourth-order valence-corrected chi connectivity index (χ4v) is 5.65. The number of aliphatic imine (C=N–C) groups is 1. The molecule has 1 aliphatic rings. The summed E-state index contributed by atoms with van der Waals surface area (Å²) >= 11 is 0. The Hall–Kier alpha value is -0.787. The van der Waals surface area contributed by atoms with Crippen molar-refractivity contribution in [3.63, 3.8) is 0 Å². The van der Waals surface area contributed by atoms with E-state index in [4.69, 9.17) is 14.5 Å². The fraction of sp³-hybridized carbons (Fsp3) is 0.632. The summed E-state index contributed by atoms with van der Waals surface area (Å²) < 4.78 is 13.2. The molecule has 0 saturated carbocycles. The van der Waals surface area contributed by atoms with Gasteiger partial charge >= 0.3 is 30.8 Å². The second-order valence-corrected chi connectivity index (χ2v) is 12.2. The van der Waals surface area contributed by atoms with E-state index >= 15 is 0 Å². The Bertz CT molecular complexity index is 632. The molecule has 0 amide bonds. The molecule has 1 aromatic heterocycles. The van der Waals surface area contributed by atoms with E-state index in [1.165, 1.54) is 0 Å². The van der Waals surface area contributed by atoms with Crippen molar-refractivity contribution >= 4 is 19.8 Å². The van der Waals surface area contributed by atoms with Gasteiger partial charge in [-0.1, -0.05) is 73.6 Å². The van der Waals surface area contributed by atoms with Gasteiger partial charge in [-0.2, -0.15) is 0 Å². The summed E-state index contributed by atoms with van der Waals surface area (Å²) in [6, 6.07) is 5.89. The van der Waals surface area contributed by atoms with Gasteiger partial charge in [0, 0.05) is 5.69 Å². The number of hydrogen-bond acceptors (Lipinski definition) is 3. The largest absolute Gasteiger partial charge is 1.00 e. The van der Waals surface area contributed by atoms with Crippen LogP contribution in [-0.4, -0.2) is 33.3 Å². The van der Waals surface area contributed by atoms with E-state index in [-0.39, 0.29) is 35.3 Å². The normalized spacial score (nSPS) is 15.9. The molecule has 7 heteroatoms. The van der Waals surface area contributed by atoms with Crippen molar-refractivity contribution in [3.8, 4) is 0 Å². The maximum absolute atomic E-state index is 7.50. The van der Waals surface area contributed by atoms with E-state index in [2.05, 4.69) is 72.0 Å². The third-order valence-electron chi connectivity index (χ3n) is 3.39. The quantitative estimate of drug-likeness (QED) is 0.254. The van der Waals surface area contributed by atoms with Crippen LogP contribution in [0.15, 0.2) is 23.2 Å². The average Bonchev–Trinajstić information content (AvgIpc) is 2.85. The van der Waals surface area contributed by atoms with Crippen molar-refractivity contribution in [2.45, 2.75) is 71.2 Å². The van der Waals surface area contributed by atoms with Crippen LogP contribution in [0, 0.1) is 6.65 Å². The van der Waals surface area contributed by atoms with Crippen LogP contribution < -0.4 is 0 Å². The number of hydrogen-bond donors (Lipinski definition) is 0. The van der Waals surface area contributed by atoms with Crippen LogP contribution in [0.4, 0.5) is 5.82 Å². The molecular weight excluding hydrogens is 434 g/mol. The molecule has 0 atom stereocenters. The van der Waals surface area contributed by atoms with Crippen molar-refractivity contribution in [2.24, 2.45) is 4.99 Å².